The first kappa shape index (κ1) is 15.3. The fourth-order valence-electron chi connectivity index (χ4n) is 2.31. The molecule has 0 aromatic carbocycles. The second-order valence-electron chi connectivity index (χ2n) is 4.68. The highest BCUT2D eigenvalue weighted by atomic mass is 35.5. The first-order valence-corrected chi connectivity index (χ1v) is 8.21. The lowest BCUT2D eigenvalue weighted by atomic mass is 10.3. The molecule has 1 aromatic rings. The second-order valence-corrected chi connectivity index (χ2v) is 6.82. The van der Waals surface area contributed by atoms with Gasteiger partial charge in [-0.15, -0.1) is 11.6 Å². The number of piperazine rings is 1. The van der Waals surface area contributed by atoms with Gasteiger partial charge in [-0.05, 0) is 13.8 Å². The Hall–Kier alpha value is -1.12. The van der Waals surface area contributed by atoms with Crippen LogP contribution in [0.5, 0.6) is 0 Å². The fraction of sp³-hybridized carbons (Fsp3) is 0.636. The van der Waals surface area contributed by atoms with E-state index in [0.29, 0.717) is 24.5 Å². The van der Waals surface area contributed by atoms with Crippen LogP contribution in [0.4, 0.5) is 0 Å². The van der Waals surface area contributed by atoms with Crippen LogP contribution in [-0.4, -0.2) is 65.8 Å². The van der Waals surface area contributed by atoms with E-state index in [1.807, 2.05) is 0 Å². The topological polar surface area (TPSA) is 86.4 Å². The van der Waals surface area contributed by atoms with E-state index in [9.17, 15) is 13.2 Å². The lowest BCUT2D eigenvalue weighted by molar-refractivity contribution is -0.129. The summed E-state index contributed by atoms with van der Waals surface area (Å²) in [6, 6.07) is 0. The summed E-state index contributed by atoms with van der Waals surface area (Å²) >= 11 is 5.50. The summed E-state index contributed by atoms with van der Waals surface area (Å²) in [5, 5.41) is 6.60. The molecule has 1 N–H and O–H groups in total. The van der Waals surface area contributed by atoms with Gasteiger partial charge in [0.15, 0.2) is 0 Å². The average molecular weight is 321 g/mol. The van der Waals surface area contributed by atoms with Crippen molar-refractivity contribution < 1.29 is 13.2 Å². The van der Waals surface area contributed by atoms with Gasteiger partial charge in [0.1, 0.15) is 10.8 Å². The number of hydrogen-bond donors (Lipinski definition) is 1. The number of carbonyl (C=O) groups is 1. The van der Waals surface area contributed by atoms with Crippen molar-refractivity contribution in [3.63, 3.8) is 0 Å². The van der Waals surface area contributed by atoms with Crippen molar-refractivity contribution in [2.45, 2.75) is 18.7 Å². The van der Waals surface area contributed by atoms with Gasteiger partial charge in [-0.2, -0.15) is 9.40 Å². The molecule has 112 valence electrons. The maximum atomic E-state index is 12.6. The molecule has 7 nitrogen and oxygen atoms in total. The highest BCUT2D eigenvalue weighted by Crippen LogP contribution is 2.22. The van der Waals surface area contributed by atoms with Crippen molar-refractivity contribution in [2.24, 2.45) is 0 Å². The number of aromatic nitrogens is 2. The van der Waals surface area contributed by atoms with Crippen LogP contribution in [0.15, 0.2) is 4.90 Å². The number of hydrogen-bond acceptors (Lipinski definition) is 4. The van der Waals surface area contributed by atoms with Gasteiger partial charge in [0.25, 0.3) is 0 Å². The third-order valence-corrected chi connectivity index (χ3v) is 5.76. The van der Waals surface area contributed by atoms with Gasteiger partial charge in [0.05, 0.1) is 11.4 Å². The fourth-order valence-corrected chi connectivity index (χ4v) is 4.23. The van der Waals surface area contributed by atoms with Crippen LogP contribution in [0.25, 0.3) is 0 Å². The summed E-state index contributed by atoms with van der Waals surface area (Å²) in [6.07, 6.45) is 0. The molecule has 0 radical (unpaired) electrons. The zero-order valence-electron chi connectivity index (χ0n) is 11.4. The Morgan fingerprint density at radius 1 is 1.30 bits per heavy atom. The molecule has 0 aliphatic carbocycles. The number of carbonyl (C=O) groups excluding carboxylic acids is 1. The van der Waals surface area contributed by atoms with Crippen molar-refractivity contribution in [2.75, 3.05) is 32.1 Å². The summed E-state index contributed by atoms with van der Waals surface area (Å²) in [7, 11) is -3.57. The normalized spacial score (nSPS) is 17.4. The van der Waals surface area contributed by atoms with Crippen LogP contribution >= 0.6 is 11.6 Å². The number of amides is 1. The van der Waals surface area contributed by atoms with Gasteiger partial charge in [0, 0.05) is 26.2 Å². The highest BCUT2D eigenvalue weighted by Gasteiger charge is 2.32. The van der Waals surface area contributed by atoms with Crippen molar-refractivity contribution >= 4 is 27.5 Å². The number of aromatic amines is 1. The van der Waals surface area contributed by atoms with Gasteiger partial charge in [-0.1, -0.05) is 0 Å². The Labute approximate surface area is 122 Å². The van der Waals surface area contributed by atoms with Crippen LogP contribution in [0, 0.1) is 13.8 Å². The number of halogens is 1. The largest absolute Gasteiger partial charge is 0.339 e. The molecule has 1 saturated heterocycles. The minimum Gasteiger partial charge on any atom is -0.339 e. The maximum Gasteiger partial charge on any atom is 0.246 e. The lowest BCUT2D eigenvalue weighted by Crippen LogP contribution is -2.50. The molecule has 20 heavy (non-hydrogen) atoms. The van der Waals surface area contributed by atoms with Gasteiger partial charge in [0.2, 0.25) is 15.9 Å². The molecule has 1 aromatic heterocycles. The zero-order valence-corrected chi connectivity index (χ0v) is 13.0. The molecule has 0 atom stereocenters. The molecule has 1 aliphatic rings. The van der Waals surface area contributed by atoms with Crippen molar-refractivity contribution in [1.29, 1.82) is 0 Å². The van der Waals surface area contributed by atoms with Gasteiger partial charge in [-0.3, -0.25) is 9.89 Å². The number of aryl methyl sites for hydroxylation is 2. The Balaban J connectivity index is 2.16. The predicted octanol–water partition coefficient (Wildman–Crippen LogP) is 0.0982. The molecule has 1 fully saturated rings. The molecule has 2 heterocycles. The highest BCUT2D eigenvalue weighted by molar-refractivity contribution is 7.89. The summed E-state index contributed by atoms with van der Waals surface area (Å²) in [6.45, 7) is 4.61. The first-order valence-electron chi connectivity index (χ1n) is 6.23. The van der Waals surface area contributed by atoms with Crippen molar-refractivity contribution in [1.82, 2.24) is 19.4 Å². The molecule has 0 bridgehead atoms. The van der Waals surface area contributed by atoms with Crippen molar-refractivity contribution in [3.05, 3.63) is 11.4 Å². The molecular weight excluding hydrogens is 304 g/mol. The number of alkyl halides is 1. The molecule has 9 heteroatoms. The van der Waals surface area contributed by atoms with E-state index >= 15 is 0 Å². The van der Waals surface area contributed by atoms with Crippen LogP contribution in [-0.2, 0) is 14.8 Å². The predicted molar refractivity (Wildman–Crippen MR) is 74.1 cm³/mol. The Kier molecular flexibility index (Phi) is 4.36. The minimum atomic E-state index is -3.57. The number of nitrogens with one attached hydrogen (secondary N) is 1. The van der Waals surface area contributed by atoms with E-state index in [1.165, 1.54) is 4.31 Å². The third-order valence-electron chi connectivity index (χ3n) is 3.36. The van der Waals surface area contributed by atoms with Crippen LogP contribution in [0.2, 0.25) is 0 Å². The van der Waals surface area contributed by atoms with Gasteiger partial charge < -0.3 is 4.90 Å². The minimum absolute atomic E-state index is 0.0767. The molecular formula is C11H17ClN4O3S. The van der Waals surface area contributed by atoms with E-state index in [2.05, 4.69) is 10.2 Å². The Bertz CT molecular complexity index is 586. The van der Waals surface area contributed by atoms with E-state index in [0.717, 1.165) is 0 Å². The SMILES string of the molecule is Cc1n[nH]c(C)c1S(=O)(=O)N1CCN(C(=O)CCl)CC1. The third kappa shape index (κ3) is 2.68. The number of rotatable bonds is 3. The monoisotopic (exact) mass is 320 g/mol. The summed E-state index contributed by atoms with van der Waals surface area (Å²) in [4.78, 5) is 13.3. The number of nitrogens with zero attached hydrogens (tertiary/aromatic N) is 3. The van der Waals surface area contributed by atoms with E-state index in [-0.39, 0.29) is 29.8 Å². The zero-order chi connectivity index (χ0) is 14.9. The summed E-state index contributed by atoms with van der Waals surface area (Å²) < 4.78 is 26.5. The summed E-state index contributed by atoms with van der Waals surface area (Å²) in [5.41, 5.74) is 0.989. The standard InChI is InChI=1S/C11H17ClN4O3S/c1-8-11(9(2)14-13-8)20(18,19)16-5-3-15(4-6-16)10(17)7-12/h3-7H2,1-2H3,(H,13,14). The van der Waals surface area contributed by atoms with Crippen LogP contribution < -0.4 is 0 Å². The quantitative estimate of drug-likeness (QED) is 0.800. The van der Waals surface area contributed by atoms with Crippen LogP contribution in [0.3, 0.4) is 0 Å². The van der Waals surface area contributed by atoms with Gasteiger partial charge >= 0.3 is 0 Å². The second kappa shape index (κ2) is 5.71. The summed E-state index contributed by atoms with van der Waals surface area (Å²) in [5.74, 6) is -0.244. The van der Waals surface area contributed by atoms with Crippen molar-refractivity contribution in [3.8, 4) is 0 Å². The molecule has 0 unspecified atom stereocenters. The average Bonchev–Trinajstić information content (AvgIpc) is 2.78. The molecule has 0 saturated carbocycles. The lowest BCUT2D eigenvalue weighted by Gasteiger charge is -2.33. The van der Waals surface area contributed by atoms with E-state index < -0.39 is 10.0 Å². The van der Waals surface area contributed by atoms with E-state index in [4.69, 9.17) is 11.6 Å². The van der Waals surface area contributed by atoms with E-state index in [1.54, 1.807) is 18.7 Å². The molecule has 0 spiro atoms. The number of sulfonamides is 1. The maximum absolute atomic E-state index is 12.6. The molecule has 2 rings (SSSR count). The first-order chi connectivity index (χ1) is 9.37. The number of H-pyrrole nitrogens is 1. The van der Waals surface area contributed by atoms with Gasteiger partial charge in [-0.25, -0.2) is 8.42 Å². The van der Waals surface area contributed by atoms with Crippen LogP contribution in [0.1, 0.15) is 11.4 Å². The molecule has 1 aliphatic heterocycles. The Morgan fingerprint density at radius 3 is 2.35 bits per heavy atom. The molecule has 1 amide bonds. The Morgan fingerprint density at radius 2 is 1.90 bits per heavy atom. The smallest absolute Gasteiger partial charge is 0.246 e.